The molecule has 2 aromatic carbocycles. The number of amides is 1. The number of alkyl halides is 2. The first-order valence-electron chi connectivity index (χ1n) is 9.15. The van der Waals surface area contributed by atoms with E-state index in [4.69, 9.17) is 4.74 Å². The number of pyridine rings is 1. The lowest BCUT2D eigenvalue weighted by Crippen LogP contribution is -2.26. The summed E-state index contributed by atoms with van der Waals surface area (Å²) in [6.45, 7) is 1.18. The van der Waals surface area contributed by atoms with E-state index in [0.29, 0.717) is 24.2 Å². The maximum absolute atomic E-state index is 12.6. The molecule has 0 aliphatic rings. The lowest BCUT2D eigenvalue weighted by atomic mass is 10.1. The van der Waals surface area contributed by atoms with E-state index in [1.54, 1.807) is 19.1 Å². The van der Waals surface area contributed by atoms with Crippen molar-refractivity contribution in [3.63, 3.8) is 0 Å². The molecular weight excluding hydrogens is 378 g/mol. The van der Waals surface area contributed by atoms with Gasteiger partial charge in [-0.3, -0.25) is 9.78 Å². The second-order valence-corrected chi connectivity index (χ2v) is 6.69. The van der Waals surface area contributed by atoms with Gasteiger partial charge in [-0.15, -0.1) is 0 Å². The predicted octanol–water partition coefficient (Wildman–Crippen LogP) is 4.43. The van der Waals surface area contributed by atoms with E-state index >= 15 is 0 Å². The first-order valence-corrected chi connectivity index (χ1v) is 9.15. The minimum absolute atomic E-state index is 0.0312. The van der Waals surface area contributed by atoms with Gasteiger partial charge in [-0.2, -0.15) is 8.78 Å². The Hall–Kier alpha value is -3.22. The fourth-order valence-corrected chi connectivity index (χ4v) is 3.10. The third kappa shape index (κ3) is 4.99. The molecule has 0 aliphatic heterocycles. The molecule has 3 rings (SSSR count). The van der Waals surface area contributed by atoms with Crippen molar-refractivity contribution in [3.05, 3.63) is 64.8 Å². The summed E-state index contributed by atoms with van der Waals surface area (Å²) in [4.78, 5) is 17.1. The molecule has 0 unspecified atom stereocenters. The van der Waals surface area contributed by atoms with Crippen LogP contribution in [0.2, 0.25) is 0 Å². The summed E-state index contributed by atoms with van der Waals surface area (Å²) in [5, 5.41) is 3.76. The lowest BCUT2D eigenvalue weighted by molar-refractivity contribution is -0.0512. The summed E-state index contributed by atoms with van der Waals surface area (Å²) in [5.74, 6) is -0.0292. The monoisotopic (exact) mass is 400 g/mol. The Bertz CT molecular complexity index is 1040. The number of fused-ring (bicyclic) bond motifs is 1. The molecule has 7 heteroatoms. The fourth-order valence-electron chi connectivity index (χ4n) is 3.10. The van der Waals surface area contributed by atoms with Crippen molar-refractivity contribution in [2.75, 3.05) is 13.7 Å². The number of benzene rings is 2. The Labute approximate surface area is 167 Å². The van der Waals surface area contributed by atoms with E-state index in [-0.39, 0.29) is 17.4 Å². The Kier molecular flexibility index (Phi) is 6.26. The Morgan fingerprint density at radius 2 is 1.90 bits per heavy atom. The molecular formula is C22H22F2N2O3. The maximum atomic E-state index is 12.6. The molecule has 29 heavy (non-hydrogen) atoms. The summed E-state index contributed by atoms with van der Waals surface area (Å²) in [6, 6.07) is 12.5. The molecule has 0 aliphatic carbocycles. The van der Waals surface area contributed by atoms with Crippen LogP contribution < -0.4 is 14.8 Å². The van der Waals surface area contributed by atoms with E-state index in [2.05, 4.69) is 15.0 Å². The highest BCUT2D eigenvalue weighted by Crippen LogP contribution is 2.29. The average molecular weight is 400 g/mol. The van der Waals surface area contributed by atoms with Crippen LogP contribution in [0.15, 0.2) is 42.5 Å². The Morgan fingerprint density at radius 1 is 1.10 bits per heavy atom. The van der Waals surface area contributed by atoms with Crippen molar-refractivity contribution in [3.8, 4) is 11.5 Å². The maximum Gasteiger partial charge on any atom is 0.387 e. The number of aromatic nitrogens is 1. The van der Waals surface area contributed by atoms with Crippen molar-refractivity contribution in [1.82, 2.24) is 10.3 Å². The van der Waals surface area contributed by atoms with Gasteiger partial charge in [0.25, 0.3) is 5.91 Å². The van der Waals surface area contributed by atoms with Crippen molar-refractivity contribution in [2.45, 2.75) is 26.9 Å². The molecule has 1 aromatic heterocycles. The third-order valence-electron chi connectivity index (χ3n) is 4.55. The number of nitrogens with one attached hydrogen (secondary N) is 1. The molecule has 1 heterocycles. The largest absolute Gasteiger partial charge is 0.493 e. The fraction of sp³-hybridized carbons (Fsp3) is 0.273. The van der Waals surface area contributed by atoms with Crippen LogP contribution in [0.5, 0.6) is 11.5 Å². The summed E-state index contributed by atoms with van der Waals surface area (Å²) >= 11 is 0. The molecule has 1 N–H and O–H groups in total. The van der Waals surface area contributed by atoms with Gasteiger partial charge in [0.15, 0.2) is 11.5 Å². The number of ether oxygens (including phenoxy) is 2. The number of hydrogen-bond donors (Lipinski definition) is 1. The number of rotatable bonds is 7. The van der Waals surface area contributed by atoms with Crippen LogP contribution >= 0.6 is 0 Å². The van der Waals surface area contributed by atoms with Gasteiger partial charge in [0.2, 0.25) is 0 Å². The van der Waals surface area contributed by atoms with Crippen molar-refractivity contribution < 1.29 is 23.0 Å². The number of carbonyl (C=O) groups excluding carboxylic acids is 1. The highest BCUT2D eigenvalue weighted by atomic mass is 19.3. The predicted molar refractivity (Wildman–Crippen MR) is 107 cm³/mol. The topological polar surface area (TPSA) is 60.5 Å². The zero-order valence-electron chi connectivity index (χ0n) is 16.5. The van der Waals surface area contributed by atoms with Crippen LogP contribution in [-0.2, 0) is 6.42 Å². The van der Waals surface area contributed by atoms with Gasteiger partial charge in [-0.1, -0.05) is 17.7 Å². The molecule has 0 radical (unpaired) electrons. The Balaban J connectivity index is 1.68. The van der Waals surface area contributed by atoms with Gasteiger partial charge in [-0.05, 0) is 56.2 Å². The van der Waals surface area contributed by atoms with E-state index in [1.807, 2.05) is 31.2 Å². The van der Waals surface area contributed by atoms with Crippen LogP contribution in [0.3, 0.4) is 0 Å². The van der Waals surface area contributed by atoms with Gasteiger partial charge < -0.3 is 14.8 Å². The molecule has 1 amide bonds. The SMILES string of the molecule is COc1ccc(CCNC(=O)c2cc3cc(C)ccc3nc2C)cc1OC(F)F. The lowest BCUT2D eigenvalue weighted by Gasteiger charge is -2.12. The van der Waals surface area contributed by atoms with Crippen LogP contribution in [0.4, 0.5) is 8.78 Å². The summed E-state index contributed by atoms with van der Waals surface area (Å²) in [7, 11) is 1.38. The molecule has 5 nitrogen and oxygen atoms in total. The third-order valence-corrected chi connectivity index (χ3v) is 4.55. The molecule has 0 bridgehead atoms. The van der Waals surface area contributed by atoms with Gasteiger partial charge in [0.05, 0.1) is 23.9 Å². The van der Waals surface area contributed by atoms with Gasteiger partial charge in [0.1, 0.15) is 0 Å². The van der Waals surface area contributed by atoms with Crippen molar-refractivity contribution >= 4 is 16.8 Å². The second-order valence-electron chi connectivity index (χ2n) is 6.69. The van der Waals surface area contributed by atoms with Gasteiger partial charge >= 0.3 is 6.61 Å². The minimum Gasteiger partial charge on any atom is -0.493 e. The van der Waals surface area contributed by atoms with Gasteiger partial charge in [0, 0.05) is 11.9 Å². The van der Waals surface area contributed by atoms with E-state index in [9.17, 15) is 13.6 Å². The van der Waals surface area contributed by atoms with Crippen LogP contribution in [0.1, 0.15) is 27.2 Å². The number of hydrogen-bond acceptors (Lipinski definition) is 4. The first kappa shape index (κ1) is 20.5. The quantitative estimate of drug-likeness (QED) is 0.637. The number of aryl methyl sites for hydroxylation is 2. The number of halogens is 2. The Morgan fingerprint density at radius 3 is 2.62 bits per heavy atom. The molecule has 0 atom stereocenters. The zero-order chi connectivity index (χ0) is 21.0. The highest BCUT2D eigenvalue weighted by Gasteiger charge is 2.13. The second kappa shape index (κ2) is 8.86. The molecule has 3 aromatic rings. The molecule has 152 valence electrons. The van der Waals surface area contributed by atoms with Crippen molar-refractivity contribution in [1.29, 1.82) is 0 Å². The normalized spacial score (nSPS) is 11.0. The smallest absolute Gasteiger partial charge is 0.387 e. The molecule has 0 spiro atoms. The summed E-state index contributed by atoms with van der Waals surface area (Å²) < 4.78 is 34.6. The number of carbonyl (C=O) groups is 1. The number of nitrogens with zero attached hydrogens (tertiary/aromatic N) is 1. The highest BCUT2D eigenvalue weighted by molar-refractivity contribution is 5.98. The standard InChI is InChI=1S/C22H22F2N2O3/c1-13-4-6-18-16(10-13)12-17(14(2)26-18)21(27)25-9-8-15-5-7-19(28-3)20(11-15)29-22(23)24/h4-7,10-12,22H,8-9H2,1-3H3,(H,25,27). The van der Waals surface area contributed by atoms with E-state index in [1.165, 1.54) is 13.2 Å². The first-order chi connectivity index (χ1) is 13.9. The van der Waals surface area contributed by atoms with Crippen LogP contribution in [-0.4, -0.2) is 31.2 Å². The van der Waals surface area contributed by atoms with E-state index in [0.717, 1.165) is 22.0 Å². The summed E-state index contributed by atoms with van der Waals surface area (Å²) in [6.07, 6.45) is 0.453. The van der Waals surface area contributed by atoms with Crippen molar-refractivity contribution in [2.24, 2.45) is 0 Å². The number of methoxy groups -OCH3 is 1. The molecule has 0 saturated heterocycles. The average Bonchev–Trinajstić information content (AvgIpc) is 2.67. The zero-order valence-corrected chi connectivity index (χ0v) is 16.5. The van der Waals surface area contributed by atoms with Crippen LogP contribution in [0, 0.1) is 13.8 Å². The van der Waals surface area contributed by atoms with Gasteiger partial charge in [-0.25, -0.2) is 0 Å². The minimum atomic E-state index is -2.94. The molecule has 0 fully saturated rings. The summed E-state index contributed by atoms with van der Waals surface area (Å²) in [5.41, 5.74) is 3.84. The van der Waals surface area contributed by atoms with E-state index < -0.39 is 6.61 Å². The molecule has 0 saturated carbocycles. The van der Waals surface area contributed by atoms with Crippen LogP contribution in [0.25, 0.3) is 10.9 Å².